The molecule has 2 heterocycles. The van der Waals surface area contributed by atoms with E-state index in [4.69, 9.17) is 16.3 Å². The number of rotatable bonds is 6. The number of nitrogens with one attached hydrogen (secondary N) is 1. The number of benzene rings is 1. The SMILES string of the molecule is O=C(COC(=O)c1ccc(Cl)s1)N[C@H](c1ccccc1)c1cccs1. The van der Waals surface area contributed by atoms with E-state index < -0.39 is 5.97 Å². The van der Waals surface area contributed by atoms with Gasteiger partial charge in [-0.25, -0.2) is 4.79 Å². The third-order valence-corrected chi connectivity index (χ3v) is 5.52. The topological polar surface area (TPSA) is 55.4 Å². The van der Waals surface area contributed by atoms with E-state index in [1.807, 2.05) is 47.8 Å². The minimum absolute atomic E-state index is 0.274. The number of halogens is 1. The third-order valence-electron chi connectivity index (χ3n) is 3.37. The van der Waals surface area contributed by atoms with Crippen molar-refractivity contribution < 1.29 is 14.3 Å². The molecule has 4 nitrogen and oxygen atoms in total. The summed E-state index contributed by atoms with van der Waals surface area (Å²) in [5.41, 5.74) is 0.967. The standard InChI is InChI=1S/C18H14ClNO3S2/c19-15-9-8-14(25-15)18(22)23-11-16(21)20-17(13-7-4-10-24-13)12-5-2-1-3-6-12/h1-10,17H,11H2,(H,20,21)/t17-/m1/s1. The van der Waals surface area contributed by atoms with E-state index in [1.54, 1.807) is 23.5 Å². The van der Waals surface area contributed by atoms with E-state index in [-0.39, 0.29) is 18.6 Å². The molecule has 0 fully saturated rings. The number of ether oxygens (including phenoxy) is 1. The summed E-state index contributed by atoms with van der Waals surface area (Å²) < 4.78 is 5.56. The molecule has 0 saturated heterocycles. The molecule has 1 atom stereocenters. The van der Waals surface area contributed by atoms with Crippen LogP contribution in [-0.2, 0) is 9.53 Å². The Labute approximate surface area is 158 Å². The number of hydrogen-bond donors (Lipinski definition) is 1. The van der Waals surface area contributed by atoms with Gasteiger partial charge in [-0.2, -0.15) is 0 Å². The van der Waals surface area contributed by atoms with Gasteiger partial charge in [0.25, 0.3) is 5.91 Å². The highest BCUT2D eigenvalue weighted by Gasteiger charge is 2.19. The van der Waals surface area contributed by atoms with Crippen molar-refractivity contribution in [2.24, 2.45) is 0 Å². The zero-order chi connectivity index (χ0) is 17.6. The molecule has 0 aliphatic rings. The number of hydrogen-bond acceptors (Lipinski definition) is 5. The lowest BCUT2D eigenvalue weighted by Crippen LogP contribution is -2.32. The normalized spacial score (nSPS) is 11.7. The number of carbonyl (C=O) groups excluding carboxylic acids is 2. The molecule has 0 aliphatic heterocycles. The number of esters is 1. The maximum atomic E-state index is 12.3. The molecular weight excluding hydrogens is 378 g/mol. The second kappa shape index (κ2) is 8.29. The molecule has 1 aromatic carbocycles. The van der Waals surface area contributed by atoms with Crippen molar-refractivity contribution in [3.63, 3.8) is 0 Å². The first-order valence-electron chi connectivity index (χ1n) is 7.43. The monoisotopic (exact) mass is 391 g/mol. The molecule has 0 spiro atoms. The molecule has 3 rings (SSSR count). The van der Waals surface area contributed by atoms with Crippen molar-refractivity contribution in [1.82, 2.24) is 5.32 Å². The molecule has 128 valence electrons. The first-order valence-corrected chi connectivity index (χ1v) is 9.51. The van der Waals surface area contributed by atoms with Crippen molar-refractivity contribution in [2.45, 2.75) is 6.04 Å². The van der Waals surface area contributed by atoms with Crippen molar-refractivity contribution in [3.05, 3.63) is 79.6 Å². The molecule has 0 aliphatic carbocycles. The second-order valence-corrected chi connectivity index (χ2v) is 7.80. The van der Waals surface area contributed by atoms with Gasteiger partial charge in [0.05, 0.1) is 10.4 Å². The summed E-state index contributed by atoms with van der Waals surface area (Å²) in [5.74, 6) is -0.919. The number of thiophene rings is 2. The van der Waals surface area contributed by atoms with Gasteiger partial charge in [0, 0.05) is 4.88 Å². The van der Waals surface area contributed by atoms with Crippen LogP contribution in [0.5, 0.6) is 0 Å². The lowest BCUT2D eigenvalue weighted by Gasteiger charge is -2.18. The van der Waals surface area contributed by atoms with Crippen molar-refractivity contribution >= 4 is 46.2 Å². The smallest absolute Gasteiger partial charge is 0.348 e. The summed E-state index contributed by atoms with van der Waals surface area (Å²) in [5, 5.41) is 4.88. The van der Waals surface area contributed by atoms with Crippen molar-refractivity contribution in [2.75, 3.05) is 6.61 Å². The summed E-state index contributed by atoms with van der Waals surface area (Å²) in [6, 6.07) is 16.5. The fourth-order valence-electron chi connectivity index (χ4n) is 2.25. The van der Waals surface area contributed by atoms with E-state index in [9.17, 15) is 9.59 Å². The first kappa shape index (κ1) is 17.7. The van der Waals surface area contributed by atoms with Crippen LogP contribution in [0, 0.1) is 0 Å². The largest absolute Gasteiger partial charge is 0.451 e. The van der Waals surface area contributed by atoms with E-state index in [0.717, 1.165) is 21.8 Å². The fraction of sp³-hybridized carbons (Fsp3) is 0.111. The highest BCUT2D eigenvalue weighted by molar-refractivity contribution is 7.17. The summed E-state index contributed by atoms with van der Waals surface area (Å²) in [6.07, 6.45) is 0. The van der Waals surface area contributed by atoms with Crippen LogP contribution in [0.25, 0.3) is 0 Å². The second-order valence-electron chi connectivity index (χ2n) is 5.11. The molecule has 1 amide bonds. The zero-order valence-electron chi connectivity index (χ0n) is 13.0. The minimum atomic E-state index is -0.556. The molecule has 0 unspecified atom stereocenters. The first-order chi connectivity index (χ1) is 12.1. The summed E-state index contributed by atoms with van der Waals surface area (Å²) in [7, 11) is 0. The predicted molar refractivity (Wildman–Crippen MR) is 100 cm³/mol. The van der Waals surface area contributed by atoms with E-state index in [0.29, 0.717) is 9.21 Å². The molecule has 0 radical (unpaired) electrons. The van der Waals surface area contributed by atoms with Gasteiger partial charge in [0.1, 0.15) is 4.88 Å². The zero-order valence-corrected chi connectivity index (χ0v) is 15.4. The summed E-state index contributed by atoms with van der Waals surface area (Å²) in [4.78, 5) is 25.5. The van der Waals surface area contributed by atoms with Crippen LogP contribution in [0.15, 0.2) is 60.0 Å². The predicted octanol–water partition coefficient (Wildman–Crippen LogP) is 4.53. The maximum absolute atomic E-state index is 12.3. The van der Waals surface area contributed by atoms with E-state index in [2.05, 4.69) is 5.32 Å². The maximum Gasteiger partial charge on any atom is 0.348 e. The van der Waals surface area contributed by atoms with Gasteiger partial charge >= 0.3 is 5.97 Å². The molecule has 25 heavy (non-hydrogen) atoms. The van der Waals surface area contributed by atoms with Gasteiger partial charge in [-0.15, -0.1) is 22.7 Å². The highest BCUT2D eigenvalue weighted by atomic mass is 35.5. The molecular formula is C18H14ClNO3S2. The van der Waals surface area contributed by atoms with Crippen LogP contribution in [0.2, 0.25) is 4.34 Å². The van der Waals surface area contributed by atoms with E-state index in [1.165, 1.54) is 0 Å². The molecule has 0 bridgehead atoms. The summed E-state index contributed by atoms with van der Waals surface area (Å²) >= 11 is 8.47. The van der Waals surface area contributed by atoms with Gasteiger partial charge in [-0.3, -0.25) is 4.79 Å². The average Bonchev–Trinajstić information content (AvgIpc) is 3.30. The molecule has 3 aromatic rings. The number of amides is 1. The van der Waals surface area contributed by atoms with Crippen LogP contribution in [-0.4, -0.2) is 18.5 Å². The van der Waals surface area contributed by atoms with E-state index >= 15 is 0 Å². The molecule has 0 saturated carbocycles. The Morgan fingerprint density at radius 1 is 1.08 bits per heavy atom. The van der Waals surface area contributed by atoms with Gasteiger partial charge in [0.15, 0.2) is 6.61 Å². The quantitative estimate of drug-likeness (QED) is 0.628. The number of carbonyl (C=O) groups is 2. The van der Waals surface area contributed by atoms with Gasteiger partial charge < -0.3 is 10.1 Å². The minimum Gasteiger partial charge on any atom is -0.451 e. The Bertz CT molecular complexity index is 846. The third kappa shape index (κ3) is 4.69. The van der Waals surface area contributed by atoms with Gasteiger partial charge in [-0.1, -0.05) is 48.0 Å². The lowest BCUT2D eigenvalue weighted by atomic mass is 10.1. The Hall–Kier alpha value is -2.15. The molecule has 7 heteroatoms. The van der Waals surface area contributed by atoms with Crippen LogP contribution >= 0.6 is 34.3 Å². The lowest BCUT2D eigenvalue weighted by molar-refractivity contribution is -0.124. The summed E-state index contributed by atoms with van der Waals surface area (Å²) in [6.45, 7) is -0.344. The van der Waals surface area contributed by atoms with Crippen molar-refractivity contribution in [1.29, 1.82) is 0 Å². The Morgan fingerprint density at radius 2 is 1.88 bits per heavy atom. The fourth-order valence-corrected chi connectivity index (χ4v) is 3.99. The van der Waals surface area contributed by atoms with Gasteiger partial charge in [0.2, 0.25) is 0 Å². The van der Waals surface area contributed by atoms with Crippen LogP contribution in [0.1, 0.15) is 26.2 Å². The Balaban J connectivity index is 1.64. The van der Waals surface area contributed by atoms with Crippen LogP contribution in [0.3, 0.4) is 0 Å². The Kier molecular flexibility index (Phi) is 5.86. The average molecular weight is 392 g/mol. The van der Waals surface area contributed by atoms with Gasteiger partial charge in [-0.05, 0) is 29.1 Å². The molecule has 1 N–H and O–H groups in total. The van der Waals surface area contributed by atoms with Crippen molar-refractivity contribution in [3.8, 4) is 0 Å². The van der Waals surface area contributed by atoms with Crippen LogP contribution < -0.4 is 5.32 Å². The Morgan fingerprint density at radius 3 is 2.52 bits per heavy atom. The highest BCUT2D eigenvalue weighted by Crippen LogP contribution is 2.26. The van der Waals surface area contributed by atoms with Crippen LogP contribution in [0.4, 0.5) is 0 Å². The molecule has 2 aromatic heterocycles.